The number of nitrogens with zero attached hydrogens (tertiary/aromatic N) is 3. The number of rotatable bonds is 6. The molecule has 0 bridgehead atoms. The Hall–Kier alpha value is -3.18. The Balaban J connectivity index is 1.52. The van der Waals surface area contributed by atoms with E-state index >= 15 is 0 Å². The van der Waals surface area contributed by atoms with E-state index in [0.717, 1.165) is 0 Å². The van der Waals surface area contributed by atoms with Crippen LogP contribution in [0, 0.1) is 5.92 Å². The summed E-state index contributed by atoms with van der Waals surface area (Å²) < 4.78 is 42.9. The summed E-state index contributed by atoms with van der Waals surface area (Å²) in [7, 11) is -0.821. The molecule has 0 spiro atoms. The number of piperidine rings is 1. The molecule has 1 saturated heterocycles. The second-order valence-electron chi connectivity index (χ2n) is 7.15. The van der Waals surface area contributed by atoms with E-state index in [9.17, 15) is 13.2 Å². The first kappa shape index (κ1) is 21.1. The Morgan fingerprint density at radius 1 is 1.16 bits per heavy atom. The zero-order valence-corrected chi connectivity index (χ0v) is 17.9. The molecular weight excluding hydrogens is 424 g/mol. The largest absolute Gasteiger partial charge is 0.493 e. The van der Waals surface area contributed by atoms with Gasteiger partial charge in [0, 0.05) is 24.8 Å². The van der Waals surface area contributed by atoms with E-state index in [1.807, 2.05) is 0 Å². The van der Waals surface area contributed by atoms with Crippen LogP contribution < -0.4 is 14.8 Å². The van der Waals surface area contributed by atoms with Crippen LogP contribution in [0.4, 0.5) is 5.69 Å². The minimum atomic E-state index is -3.86. The maximum atomic E-state index is 13.2. The van der Waals surface area contributed by atoms with Crippen LogP contribution in [0.5, 0.6) is 11.5 Å². The molecule has 0 saturated carbocycles. The van der Waals surface area contributed by atoms with Gasteiger partial charge in [0.05, 0.1) is 20.1 Å². The number of sulfonamides is 1. The van der Waals surface area contributed by atoms with Gasteiger partial charge in [0.15, 0.2) is 17.0 Å². The molecule has 1 N–H and O–H groups in total. The van der Waals surface area contributed by atoms with Crippen molar-refractivity contribution in [1.29, 1.82) is 0 Å². The summed E-state index contributed by atoms with van der Waals surface area (Å²) >= 11 is 0. The molecule has 2 heterocycles. The molecule has 1 aliphatic heterocycles. The van der Waals surface area contributed by atoms with Gasteiger partial charge < -0.3 is 14.8 Å². The Morgan fingerprint density at radius 3 is 2.74 bits per heavy atom. The number of amides is 1. The van der Waals surface area contributed by atoms with E-state index in [-0.39, 0.29) is 22.9 Å². The van der Waals surface area contributed by atoms with E-state index in [0.29, 0.717) is 42.1 Å². The highest BCUT2D eigenvalue weighted by molar-refractivity contribution is 7.89. The summed E-state index contributed by atoms with van der Waals surface area (Å²) in [6, 6.07) is 9.74. The number of fused-ring (bicyclic) bond motifs is 1. The minimum Gasteiger partial charge on any atom is -0.493 e. The van der Waals surface area contributed by atoms with Gasteiger partial charge in [-0.15, -0.1) is 0 Å². The third kappa shape index (κ3) is 4.06. The fraction of sp³-hybridized carbons (Fsp3) is 0.350. The Morgan fingerprint density at radius 2 is 1.97 bits per heavy atom. The first-order valence-electron chi connectivity index (χ1n) is 9.68. The van der Waals surface area contributed by atoms with Crippen LogP contribution in [-0.4, -0.2) is 56.3 Å². The monoisotopic (exact) mass is 446 g/mol. The molecule has 2 aromatic carbocycles. The van der Waals surface area contributed by atoms with E-state index in [1.54, 1.807) is 30.3 Å². The van der Waals surface area contributed by atoms with Gasteiger partial charge in [-0.2, -0.15) is 4.31 Å². The first-order valence-corrected chi connectivity index (χ1v) is 11.1. The summed E-state index contributed by atoms with van der Waals surface area (Å²) in [5.41, 5.74) is 1.08. The van der Waals surface area contributed by atoms with Gasteiger partial charge in [-0.25, -0.2) is 13.0 Å². The molecule has 1 fully saturated rings. The molecule has 1 aromatic heterocycles. The topological polar surface area (TPSA) is 124 Å². The summed E-state index contributed by atoms with van der Waals surface area (Å²) in [6.07, 6.45) is 1.15. The molecule has 164 valence electrons. The van der Waals surface area contributed by atoms with E-state index in [1.165, 1.54) is 24.6 Å². The van der Waals surface area contributed by atoms with Gasteiger partial charge in [0.1, 0.15) is 10.4 Å². The summed E-state index contributed by atoms with van der Waals surface area (Å²) in [5.74, 6) is 0.286. The fourth-order valence-electron chi connectivity index (χ4n) is 3.66. The van der Waals surface area contributed by atoms with Gasteiger partial charge in [-0.3, -0.25) is 4.79 Å². The van der Waals surface area contributed by atoms with Crippen molar-refractivity contribution in [2.24, 2.45) is 5.92 Å². The highest BCUT2D eigenvalue weighted by Crippen LogP contribution is 2.31. The van der Waals surface area contributed by atoms with Crippen LogP contribution in [0.15, 0.2) is 45.9 Å². The molecule has 3 aromatic rings. The first-order chi connectivity index (χ1) is 14.9. The van der Waals surface area contributed by atoms with Crippen molar-refractivity contribution in [3.63, 3.8) is 0 Å². The molecule has 11 heteroatoms. The van der Waals surface area contributed by atoms with Crippen LogP contribution in [0.2, 0.25) is 0 Å². The summed E-state index contributed by atoms with van der Waals surface area (Å²) in [4.78, 5) is 12.9. The molecule has 0 aliphatic carbocycles. The van der Waals surface area contributed by atoms with Gasteiger partial charge in [0.25, 0.3) is 0 Å². The normalized spacial score (nSPS) is 17.4. The maximum Gasteiger partial charge on any atom is 0.245 e. The van der Waals surface area contributed by atoms with Crippen molar-refractivity contribution in [2.45, 2.75) is 17.7 Å². The Labute approximate surface area is 179 Å². The fourth-order valence-corrected chi connectivity index (χ4v) is 5.32. The lowest BCUT2D eigenvalue weighted by Crippen LogP contribution is -2.43. The highest BCUT2D eigenvalue weighted by Gasteiger charge is 2.35. The van der Waals surface area contributed by atoms with Gasteiger partial charge in [0.2, 0.25) is 15.9 Å². The van der Waals surface area contributed by atoms with E-state index < -0.39 is 15.9 Å². The van der Waals surface area contributed by atoms with Crippen LogP contribution >= 0.6 is 0 Å². The van der Waals surface area contributed by atoms with Crippen molar-refractivity contribution in [2.75, 3.05) is 32.6 Å². The van der Waals surface area contributed by atoms with Crippen LogP contribution in [0.25, 0.3) is 11.0 Å². The number of nitrogens with one attached hydrogen (secondary N) is 1. The lowest BCUT2D eigenvalue weighted by Gasteiger charge is -2.31. The zero-order chi connectivity index (χ0) is 22.0. The predicted molar refractivity (Wildman–Crippen MR) is 111 cm³/mol. The Kier molecular flexibility index (Phi) is 5.79. The van der Waals surface area contributed by atoms with Gasteiger partial charge in [-0.1, -0.05) is 6.07 Å². The van der Waals surface area contributed by atoms with Crippen molar-refractivity contribution in [3.05, 3.63) is 36.4 Å². The standard InChI is InChI=1S/C20H22N4O6S/c1-28-16-9-8-14(11-17(16)29-2)21-20(25)13-5-4-10-24(12-13)31(26,27)18-7-3-6-15-19(18)23-30-22-15/h3,6-9,11,13H,4-5,10,12H2,1-2H3,(H,21,25)/t13-/m0/s1. The second kappa shape index (κ2) is 8.52. The number of carbonyl (C=O) groups is 1. The van der Waals surface area contributed by atoms with Crippen molar-refractivity contribution in [3.8, 4) is 11.5 Å². The lowest BCUT2D eigenvalue weighted by molar-refractivity contribution is -0.120. The van der Waals surface area contributed by atoms with Crippen LogP contribution in [-0.2, 0) is 14.8 Å². The SMILES string of the molecule is COc1ccc(NC(=O)[C@H]2CCCN(S(=O)(=O)c3cccc4nonc34)C2)cc1OC. The number of carbonyl (C=O) groups excluding carboxylic acids is 1. The number of anilines is 1. The predicted octanol–water partition coefficient (Wildman–Crippen LogP) is 2.28. The molecule has 0 unspecified atom stereocenters. The minimum absolute atomic E-state index is 0.0206. The summed E-state index contributed by atoms with van der Waals surface area (Å²) in [6.45, 7) is 0.396. The number of methoxy groups -OCH3 is 2. The average Bonchev–Trinajstić information content (AvgIpc) is 3.28. The smallest absolute Gasteiger partial charge is 0.245 e. The van der Waals surface area contributed by atoms with E-state index in [4.69, 9.17) is 9.47 Å². The molecule has 1 aliphatic rings. The molecule has 31 heavy (non-hydrogen) atoms. The number of hydrogen-bond acceptors (Lipinski definition) is 8. The average molecular weight is 446 g/mol. The third-order valence-corrected chi connectivity index (χ3v) is 7.17. The van der Waals surface area contributed by atoms with Crippen LogP contribution in [0.1, 0.15) is 12.8 Å². The van der Waals surface area contributed by atoms with Gasteiger partial charge in [-0.05, 0) is 47.4 Å². The third-order valence-electron chi connectivity index (χ3n) is 5.27. The zero-order valence-electron chi connectivity index (χ0n) is 17.1. The molecule has 0 radical (unpaired) electrons. The number of hydrogen-bond donors (Lipinski definition) is 1. The number of aromatic nitrogens is 2. The molecule has 4 rings (SSSR count). The van der Waals surface area contributed by atoms with Crippen LogP contribution in [0.3, 0.4) is 0 Å². The second-order valence-corrected chi connectivity index (χ2v) is 9.06. The van der Waals surface area contributed by atoms with E-state index in [2.05, 4.69) is 20.3 Å². The maximum absolute atomic E-state index is 13.2. The van der Waals surface area contributed by atoms with Crippen molar-refractivity contribution >= 4 is 32.7 Å². The molecule has 10 nitrogen and oxygen atoms in total. The lowest BCUT2D eigenvalue weighted by atomic mass is 9.98. The quantitative estimate of drug-likeness (QED) is 0.612. The summed E-state index contributed by atoms with van der Waals surface area (Å²) in [5, 5.41) is 10.3. The van der Waals surface area contributed by atoms with Gasteiger partial charge >= 0.3 is 0 Å². The molecular formula is C20H22N4O6S. The van der Waals surface area contributed by atoms with Crippen molar-refractivity contribution in [1.82, 2.24) is 14.6 Å². The number of benzene rings is 2. The highest BCUT2D eigenvalue weighted by atomic mass is 32.2. The Bertz CT molecular complexity index is 1210. The molecule has 1 atom stereocenters. The van der Waals surface area contributed by atoms with Crippen molar-refractivity contribution < 1.29 is 27.3 Å². The molecule has 1 amide bonds. The number of ether oxygens (including phenoxy) is 2.